The maximum absolute atomic E-state index is 13.2. The molecule has 4 aromatic rings. The minimum Gasteiger partial charge on any atom is -0.274 e. The highest BCUT2D eigenvalue weighted by atomic mass is 32.2. The zero-order valence-corrected chi connectivity index (χ0v) is 16.4. The number of aryl methyl sites for hydroxylation is 1. The van der Waals surface area contributed by atoms with Crippen LogP contribution in [0.3, 0.4) is 0 Å². The van der Waals surface area contributed by atoms with Crippen LogP contribution in [0.2, 0.25) is 0 Å². The number of sulfonamides is 1. The second-order valence-electron chi connectivity index (χ2n) is 7.20. The molecule has 5 rings (SSSR count). The van der Waals surface area contributed by atoms with Gasteiger partial charge in [0.1, 0.15) is 5.82 Å². The van der Waals surface area contributed by atoms with E-state index in [0.29, 0.717) is 17.1 Å². The van der Waals surface area contributed by atoms with Gasteiger partial charge in [0.15, 0.2) is 5.82 Å². The van der Waals surface area contributed by atoms with E-state index in [2.05, 4.69) is 15.2 Å². The Balaban J connectivity index is 1.74. The van der Waals surface area contributed by atoms with Crippen LogP contribution in [0.5, 0.6) is 0 Å². The Hall–Kier alpha value is -3.00. The molecule has 0 bridgehead atoms. The van der Waals surface area contributed by atoms with Crippen molar-refractivity contribution in [3.63, 3.8) is 0 Å². The molecule has 0 saturated heterocycles. The predicted octanol–water partition coefficient (Wildman–Crippen LogP) is 3.29. The topological polar surface area (TPSA) is 80.5 Å². The highest BCUT2D eigenvalue weighted by Gasteiger charge is 2.32. The van der Waals surface area contributed by atoms with Gasteiger partial charge in [-0.1, -0.05) is 29.8 Å². The molecule has 1 saturated carbocycles. The lowest BCUT2D eigenvalue weighted by molar-refractivity contribution is 0.594. The molecule has 142 valence electrons. The number of aromatic nitrogens is 4. The van der Waals surface area contributed by atoms with Crippen LogP contribution >= 0.6 is 0 Å². The first-order chi connectivity index (χ1) is 13.5. The van der Waals surface area contributed by atoms with Gasteiger partial charge in [0.2, 0.25) is 5.65 Å². The second kappa shape index (κ2) is 6.00. The van der Waals surface area contributed by atoms with Crippen molar-refractivity contribution in [2.45, 2.75) is 30.6 Å². The predicted molar refractivity (Wildman–Crippen MR) is 107 cm³/mol. The van der Waals surface area contributed by atoms with Crippen molar-refractivity contribution >= 4 is 32.5 Å². The van der Waals surface area contributed by atoms with Gasteiger partial charge in [0.05, 0.1) is 15.9 Å². The fourth-order valence-corrected chi connectivity index (χ4v) is 4.54. The molecule has 0 unspecified atom stereocenters. The lowest BCUT2D eigenvalue weighted by atomic mass is 10.2. The van der Waals surface area contributed by atoms with Gasteiger partial charge in [-0.25, -0.2) is 17.7 Å². The first kappa shape index (κ1) is 17.1. The minimum atomic E-state index is -3.77. The molecular formula is C20H19N5O2S. The van der Waals surface area contributed by atoms with E-state index in [1.165, 1.54) is 11.4 Å². The average molecular weight is 393 g/mol. The number of hydrogen-bond donors (Lipinski definition) is 0. The summed E-state index contributed by atoms with van der Waals surface area (Å²) in [5, 5.41) is 8.69. The number of para-hydroxylation sites is 2. The molecule has 0 amide bonds. The summed E-state index contributed by atoms with van der Waals surface area (Å²) in [6, 6.07) is 14.5. The molecule has 2 aromatic carbocycles. The van der Waals surface area contributed by atoms with Crippen molar-refractivity contribution in [1.82, 2.24) is 19.6 Å². The van der Waals surface area contributed by atoms with Crippen LogP contribution < -0.4 is 4.31 Å². The van der Waals surface area contributed by atoms with Crippen molar-refractivity contribution in [2.75, 3.05) is 11.4 Å². The summed E-state index contributed by atoms with van der Waals surface area (Å²) < 4.78 is 29.6. The Morgan fingerprint density at radius 2 is 1.75 bits per heavy atom. The third kappa shape index (κ3) is 2.56. The van der Waals surface area contributed by atoms with Crippen LogP contribution in [0.1, 0.15) is 30.1 Å². The van der Waals surface area contributed by atoms with E-state index >= 15 is 0 Å². The van der Waals surface area contributed by atoms with Crippen LogP contribution in [0.25, 0.3) is 16.7 Å². The van der Waals surface area contributed by atoms with Gasteiger partial charge in [-0.15, -0.1) is 10.2 Å². The fourth-order valence-electron chi connectivity index (χ4n) is 3.39. The van der Waals surface area contributed by atoms with Gasteiger partial charge in [-0.2, -0.15) is 0 Å². The van der Waals surface area contributed by atoms with E-state index in [9.17, 15) is 8.42 Å². The van der Waals surface area contributed by atoms with Crippen LogP contribution in [-0.2, 0) is 10.0 Å². The molecule has 0 aliphatic heterocycles. The van der Waals surface area contributed by atoms with E-state index in [1.54, 1.807) is 24.3 Å². The highest BCUT2D eigenvalue weighted by molar-refractivity contribution is 7.92. The Labute approximate surface area is 162 Å². The maximum Gasteiger partial charge on any atom is 0.265 e. The standard InChI is InChI=1S/C20H19N5O2S/c1-13-7-11-15(12-8-13)28(26,27)24(2)19-20-23-22-18(14-9-10-14)25(20)17-6-4-3-5-16(17)21-19/h3-8,11-12,14H,9-10H2,1-2H3. The van der Waals surface area contributed by atoms with Crippen LogP contribution in [0, 0.1) is 6.92 Å². The van der Waals surface area contributed by atoms with E-state index < -0.39 is 10.0 Å². The molecule has 2 aromatic heterocycles. The lowest BCUT2D eigenvalue weighted by Crippen LogP contribution is -2.28. The Morgan fingerprint density at radius 3 is 2.46 bits per heavy atom. The minimum absolute atomic E-state index is 0.218. The van der Waals surface area contributed by atoms with Crippen LogP contribution in [0.4, 0.5) is 5.82 Å². The Kier molecular flexibility index (Phi) is 3.67. The quantitative estimate of drug-likeness (QED) is 0.531. The van der Waals surface area contributed by atoms with Gasteiger partial charge >= 0.3 is 0 Å². The van der Waals surface area contributed by atoms with Crippen molar-refractivity contribution < 1.29 is 8.42 Å². The summed E-state index contributed by atoms with van der Waals surface area (Å²) in [6.45, 7) is 1.92. The summed E-state index contributed by atoms with van der Waals surface area (Å²) in [5.74, 6) is 1.52. The van der Waals surface area contributed by atoms with Crippen molar-refractivity contribution in [1.29, 1.82) is 0 Å². The van der Waals surface area contributed by atoms with Gasteiger partial charge in [-0.05, 0) is 44.0 Å². The monoisotopic (exact) mass is 393 g/mol. The number of hydrogen-bond acceptors (Lipinski definition) is 5. The van der Waals surface area contributed by atoms with E-state index in [1.807, 2.05) is 35.6 Å². The third-order valence-electron chi connectivity index (χ3n) is 5.16. The molecule has 2 heterocycles. The molecule has 1 aliphatic carbocycles. The largest absolute Gasteiger partial charge is 0.274 e. The van der Waals surface area contributed by atoms with Gasteiger partial charge in [-0.3, -0.25) is 4.40 Å². The van der Waals surface area contributed by atoms with E-state index in [0.717, 1.165) is 29.7 Å². The van der Waals surface area contributed by atoms with Crippen molar-refractivity contribution in [3.05, 3.63) is 59.9 Å². The molecule has 1 aliphatic rings. The molecule has 0 radical (unpaired) electrons. The maximum atomic E-state index is 13.2. The highest BCUT2D eigenvalue weighted by Crippen LogP contribution is 2.40. The SMILES string of the molecule is Cc1ccc(S(=O)(=O)N(C)c2nc3ccccc3n3c(C4CC4)nnc23)cc1. The lowest BCUT2D eigenvalue weighted by Gasteiger charge is -2.20. The second-order valence-corrected chi connectivity index (χ2v) is 9.17. The Morgan fingerprint density at radius 1 is 1.04 bits per heavy atom. The molecule has 0 spiro atoms. The normalized spacial score (nSPS) is 14.6. The first-order valence-electron chi connectivity index (χ1n) is 9.16. The van der Waals surface area contributed by atoms with Gasteiger partial charge < -0.3 is 0 Å². The summed E-state index contributed by atoms with van der Waals surface area (Å²) in [7, 11) is -2.26. The molecule has 8 heteroatoms. The molecule has 7 nitrogen and oxygen atoms in total. The number of fused-ring (bicyclic) bond motifs is 3. The van der Waals surface area contributed by atoms with Gasteiger partial charge in [0.25, 0.3) is 10.0 Å². The van der Waals surface area contributed by atoms with Crippen LogP contribution in [0.15, 0.2) is 53.4 Å². The van der Waals surface area contributed by atoms with Crippen molar-refractivity contribution in [3.8, 4) is 0 Å². The average Bonchev–Trinajstić information content (AvgIpc) is 3.45. The molecule has 0 N–H and O–H groups in total. The summed E-state index contributed by atoms with van der Waals surface area (Å²) >= 11 is 0. The zero-order chi connectivity index (χ0) is 19.5. The van der Waals surface area contributed by atoms with E-state index in [4.69, 9.17) is 0 Å². The molecular weight excluding hydrogens is 374 g/mol. The van der Waals surface area contributed by atoms with E-state index in [-0.39, 0.29) is 10.7 Å². The third-order valence-corrected chi connectivity index (χ3v) is 6.92. The van der Waals surface area contributed by atoms with Gasteiger partial charge in [0, 0.05) is 13.0 Å². The Bertz CT molecular complexity index is 1310. The number of nitrogens with zero attached hydrogens (tertiary/aromatic N) is 5. The number of benzene rings is 2. The number of rotatable bonds is 4. The summed E-state index contributed by atoms with van der Waals surface area (Å²) in [4.78, 5) is 4.85. The summed E-state index contributed by atoms with van der Waals surface area (Å²) in [5.41, 5.74) is 3.05. The van der Waals surface area contributed by atoms with Crippen molar-refractivity contribution in [2.24, 2.45) is 0 Å². The zero-order valence-electron chi connectivity index (χ0n) is 15.6. The molecule has 0 atom stereocenters. The fraction of sp³-hybridized carbons (Fsp3) is 0.250. The summed E-state index contributed by atoms with van der Waals surface area (Å²) in [6.07, 6.45) is 2.15. The molecule has 1 fully saturated rings. The number of anilines is 1. The smallest absolute Gasteiger partial charge is 0.265 e. The van der Waals surface area contributed by atoms with Crippen LogP contribution in [-0.4, -0.2) is 35.0 Å². The molecule has 28 heavy (non-hydrogen) atoms. The first-order valence-corrected chi connectivity index (χ1v) is 10.6.